The number of ketones is 1. The minimum absolute atomic E-state index is 0.00572. The number of nitro benzene ring substituents is 1. The number of ether oxygens (including phenoxy) is 2. The Hall–Kier alpha value is -3.50. The maximum atomic E-state index is 12.4. The van der Waals surface area contributed by atoms with Crippen molar-refractivity contribution in [3.05, 3.63) is 67.2 Å². The Morgan fingerprint density at radius 3 is 2.16 bits per heavy atom. The first-order chi connectivity index (χ1) is 14.6. The van der Waals surface area contributed by atoms with E-state index in [9.17, 15) is 29.3 Å². The third-order valence-corrected chi connectivity index (χ3v) is 5.08. The molecular weight excluding hydrogens is 455 g/mol. The summed E-state index contributed by atoms with van der Waals surface area (Å²) >= 11 is 11.7. The monoisotopic (exact) mass is 466 g/mol. The molecule has 0 aliphatic carbocycles. The van der Waals surface area contributed by atoms with E-state index < -0.39 is 47.3 Å². The molecule has 0 saturated carbocycles. The number of nitro groups is 1. The number of carbonyl (C=O) groups is 4. The highest BCUT2D eigenvalue weighted by Gasteiger charge is 2.37. The molecule has 2 aromatic rings. The van der Waals surface area contributed by atoms with E-state index in [4.69, 9.17) is 32.7 Å². The Bertz CT molecular complexity index is 1110. The van der Waals surface area contributed by atoms with Crippen LogP contribution in [-0.4, -0.2) is 53.7 Å². The SMILES string of the molecule is COc1ccc(C(=O)COC(=O)CN2C(=O)c3cc(Cl)c(Cl)cc3C2=O)cc1[N+](=O)[O-]. The molecule has 12 heteroatoms. The molecule has 0 N–H and O–H groups in total. The Balaban J connectivity index is 1.65. The minimum atomic E-state index is -1.02. The number of rotatable bonds is 7. The molecule has 0 radical (unpaired) electrons. The van der Waals surface area contributed by atoms with E-state index in [1.54, 1.807) is 0 Å². The minimum Gasteiger partial charge on any atom is -0.490 e. The van der Waals surface area contributed by atoms with Crippen molar-refractivity contribution in [2.75, 3.05) is 20.3 Å². The van der Waals surface area contributed by atoms with Crippen LogP contribution in [0.4, 0.5) is 5.69 Å². The number of amides is 2. The van der Waals surface area contributed by atoms with Crippen molar-refractivity contribution in [3.63, 3.8) is 0 Å². The van der Waals surface area contributed by atoms with Crippen LogP contribution in [-0.2, 0) is 9.53 Å². The molecule has 0 aromatic heterocycles. The van der Waals surface area contributed by atoms with Crippen LogP contribution < -0.4 is 4.74 Å². The van der Waals surface area contributed by atoms with Gasteiger partial charge in [0.1, 0.15) is 6.54 Å². The van der Waals surface area contributed by atoms with Crippen LogP contribution in [0.1, 0.15) is 31.1 Å². The van der Waals surface area contributed by atoms with Crippen LogP contribution in [0.25, 0.3) is 0 Å². The number of benzene rings is 2. The number of methoxy groups -OCH3 is 1. The van der Waals surface area contributed by atoms with E-state index in [1.807, 2.05) is 0 Å². The van der Waals surface area contributed by atoms with Gasteiger partial charge in [0.25, 0.3) is 11.8 Å². The summed E-state index contributed by atoms with van der Waals surface area (Å²) in [5, 5.41) is 11.2. The third-order valence-electron chi connectivity index (χ3n) is 4.36. The molecule has 0 bridgehead atoms. The first kappa shape index (κ1) is 22.2. The van der Waals surface area contributed by atoms with Crippen LogP contribution in [0.5, 0.6) is 5.75 Å². The van der Waals surface area contributed by atoms with Crippen molar-refractivity contribution in [2.24, 2.45) is 0 Å². The van der Waals surface area contributed by atoms with E-state index in [1.165, 1.54) is 31.4 Å². The summed E-state index contributed by atoms with van der Waals surface area (Å²) in [7, 11) is 1.24. The van der Waals surface area contributed by atoms with Crippen molar-refractivity contribution >= 4 is 52.5 Å². The molecule has 0 spiro atoms. The molecule has 0 atom stereocenters. The number of imide groups is 1. The number of hydrogen-bond acceptors (Lipinski definition) is 8. The van der Waals surface area contributed by atoms with Crippen molar-refractivity contribution in [1.82, 2.24) is 4.90 Å². The van der Waals surface area contributed by atoms with Crippen molar-refractivity contribution < 1.29 is 33.6 Å². The third kappa shape index (κ3) is 4.35. The van der Waals surface area contributed by atoms with Crippen molar-refractivity contribution in [3.8, 4) is 5.75 Å². The lowest BCUT2D eigenvalue weighted by Gasteiger charge is -2.12. The van der Waals surface area contributed by atoms with Crippen LogP contribution >= 0.6 is 23.2 Å². The fraction of sp³-hybridized carbons (Fsp3) is 0.158. The molecular formula is C19H12Cl2N2O8. The van der Waals surface area contributed by atoms with Gasteiger partial charge in [-0.1, -0.05) is 23.2 Å². The Morgan fingerprint density at radius 1 is 1.06 bits per heavy atom. The van der Waals surface area contributed by atoms with Gasteiger partial charge in [0.15, 0.2) is 12.4 Å². The average Bonchev–Trinajstić information content (AvgIpc) is 2.96. The molecule has 31 heavy (non-hydrogen) atoms. The van der Waals surface area contributed by atoms with E-state index in [0.29, 0.717) is 4.90 Å². The molecule has 2 aromatic carbocycles. The van der Waals surface area contributed by atoms with Gasteiger partial charge in [0, 0.05) is 11.6 Å². The summed E-state index contributed by atoms with van der Waals surface area (Å²) in [6, 6.07) is 5.96. The lowest BCUT2D eigenvalue weighted by molar-refractivity contribution is -0.385. The van der Waals surface area contributed by atoms with Crippen molar-refractivity contribution in [1.29, 1.82) is 0 Å². The summed E-state index contributed by atoms with van der Waals surface area (Å²) in [4.78, 5) is 60.0. The Labute approximate surface area is 184 Å². The predicted octanol–water partition coefficient (Wildman–Crippen LogP) is 2.93. The molecule has 1 aliphatic rings. The topological polar surface area (TPSA) is 133 Å². The zero-order chi connectivity index (χ0) is 22.9. The number of fused-ring (bicyclic) bond motifs is 1. The Kier molecular flexibility index (Phi) is 6.23. The molecule has 0 fully saturated rings. The first-order valence-corrected chi connectivity index (χ1v) is 9.26. The van der Waals surface area contributed by atoms with Gasteiger partial charge in [-0.2, -0.15) is 0 Å². The predicted molar refractivity (Wildman–Crippen MR) is 107 cm³/mol. The van der Waals surface area contributed by atoms with Gasteiger partial charge in [0.05, 0.1) is 33.2 Å². The lowest BCUT2D eigenvalue weighted by atomic mass is 10.1. The summed E-state index contributed by atoms with van der Waals surface area (Å²) in [6.07, 6.45) is 0. The van der Waals surface area contributed by atoms with Gasteiger partial charge in [-0.3, -0.25) is 34.2 Å². The second-order valence-electron chi connectivity index (χ2n) is 6.24. The zero-order valence-electron chi connectivity index (χ0n) is 15.7. The quantitative estimate of drug-likeness (QED) is 0.200. The lowest BCUT2D eigenvalue weighted by Crippen LogP contribution is -2.36. The number of halogens is 2. The second kappa shape index (κ2) is 8.70. The molecule has 160 valence electrons. The maximum Gasteiger partial charge on any atom is 0.326 e. The Morgan fingerprint density at radius 2 is 1.65 bits per heavy atom. The number of nitrogens with zero attached hydrogens (tertiary/aromatic N) is 2. The molecule has 10 nitrogen and oxygen atoms in total. The summed E-state index contributed by atoms with van der Waals surface area (Å²) in [5.74, 6) is -3.30. The normalized spacial score (nSPS) is 12.5. The first-order valence-electron chi connectivity index (χ1n) is 8.50. The van der Waals surface area contributed by atoms with Gasteiger partial charge in [-0.05, 0) is 24.3 Å². The van der Waals surface area contributed by atoms with Gasteiger partial charge in [-0.15, -0.1) is 0 Å². The number of esters is 1. The van der Waals surface area contributed by atoms with Crippen molar-refractivity contribution in [2.45, 2.75) is 0 Å². The van der Waals surface area contributed by atoms with Crippen LogP contribution in [0.2, 0.25) is 10.0 Å². The van der Waals surface area contributed by atoms with Crippen LogP contribution in [0, 0.1) is 10.1 Å². The van der Waals surface area contributed by atoms with Crippen LogP contribution in [0.15, 0.2) is 30.3 Å². The highest BCUT2D eigenvalue weighted by atomic mass is 35.5. The summed E-state index contributed by atoms with van der Waals surface area (Å²) < 4.78 is 9.68. The largest absolute Gasteiger partial charge is 0.490 e. The van der Waals surface area contributed by atoms with Gasteiger partial charge in [-0.25, -0.2) is 0 Å². The van der Waals surface area contributed by atoms with Gasteiger partial charge >= 0.3 is 11.7 Å². The molecule has 1 aliphatic heterocycles. The molecule has 2 amide bonds. The number of carbonyl (C=O) groups excluding carboxylic acids is 4. The van der Waals surface area contributed by atoms with Gasteiger partial charge < -0.3 is 9.47 Å². The molecule has 3 rings (SSSR count). The van der Waals surface area contributed by atoms with Gasteiger partial charge in [0.2, 0.25) is 5.78 Å². The second-order valence-corrected chi connectivity index (χ2v) is 7.05. The number of Topliss-reactive ketones (excluding diaryl/α,β-unsaturated/α-hetero) is 1. The molecule has 1 heterocycles. The fourth-order valence-electron chi connectivity index (χ4n) is 2.84. The number of hydrogen-bond donors (Lipinski definition) is 0. The standard InChI is InChI=1S/C19H12Cl2N2O8/c1-30-16-3-2-9(4-14(16)23(28)29)15(24)8-31-17(25)7-22-18(26)10-5-12(20)13(21)6-11(10)19(22)27/h2-6H,7-8H2,1H3. The maximum absolute atomic E-state index is 12.4. The molecule has 0 unspecified atom stereocenters. The zero-order valence-corrected chi connectivity index (χ0v) is 17.2. The highest BCUT2D eigenvalue weighted by Crippen LogP contribution is 2.31. The van der Waals surface area contributed by atoms with E-state index in [-0.39, 0.29) is 32.5 Å². The highest BCUT2D eigenvalue weighted by molar-refractivity contribution is 6.43. The smallest absolute Gasteiger partial charge is 0.326 e. The summed E-state index contributed by atoms with van der Waals surface area (Å²) in [6.45, 7) is -1.49. The van der Waals surface area contributed by atoms with E-state index in [2.05, 4.69) is 0 Å². The van der Waals surface area contributed by atoms with Crippen LogP contribution in [0.3, 0.4) is 0 Å². The summed E-state index contributed by atoms with van der Waals surface area (Å²) in [5.41, 5.74) is -0.518. The fourth-order valence-corrected chi connectivity index (χ4v) is 3.16. The molecule has 0 saturated heterocycles. The average molecular weight is 467 g/mol. The van der Waals surface area contributed by atoms with E-state index >= 15 is 0 Å². The van der Waals surface area contributed by atoms with E-state index in [0.717, 1.165) is 6.07 Å².